The molecule has 0 spiro atoms. The summed E-state index contributed by atoms with van der Waals surface area (Å²) in [4.78, 5) is 0. The molecule has 1 aliphatic rings. The molecule has 13 rings (SSSR count). The highest BCUT2D eigenvalue weighted by atomic mass is 32.1. The average Bonchev–Trinajstić information content (AvgIpc) is 3.80. The summed E-state index contributed by atoms with van der Waals surface area (Å²) in [6.07, 6.45) is 0. The molecule has 0 bridgehead atoms. The Hall–Kier alpha value is -7.06. The topological polar surface area (TPSA) is 0 Å². The van der Waals surface area contributed by atoms with Crippen molar-refractivity contribution in [1.29, 1.82) is 0 Å². The number of hydrogen-bond donors (Lipinski definition) is 0. The smallest absolute Gasteiger partial charge is 0.0437 e. The Balaban J connectivity index is 1.03. The summed E-state index contributed by atoms with van der Waals surface area (Å²) in [5.74, 6) is 0. The zero-order chi connectivity index (χ0) is 39.7. The molecule has 0 amide bonds. The van der Waals surface area contributed by atoms with Crippen LogP contribution >= 0.6 is 11.3 Å². The lowest BCUT2D eigenvalue weighted by Gasteiger charge is -2.23. The molecule has 0 aliphatic heterocycles. The van der Waals surface area contributed by atoms with Crippen LogP contribution in [-0.2, 0) is 5.41 Å². The zero-order valence-electron chi connectivity index (χ0n) is 33.4. The van der Waals surface area contributed by atoms with E-state index in [-0.39, 0.29) is 5.41 Å². The molecule has 0 atom stereocenters. The maximum absolute atomic E-state index is 2.51. The standard InChI is InChI=1S/C59H38S/c1-59(2)52-25-12-11-19-43(52)51-34-50(58-55(56(51)59)49-31-30-36-15-4-6-18-42(36)57(49)60-58)39-28-26-38-33-40(29-27-37(38)32-39)53-45-20-7-9-22-47(45)54(48-23-10-8-21-46(48)53)44-24-13-16-35-14-3-5-17-41(35)44/h3-34H,1-2H3. The molecule has 280 valence electrons. The molecule has 0 radical (unpaired) electrons. The van der Waals surface area contributed by atoms with Gasteiger partial charge in [0, 0.05) is 31.2 Å². The molecule has 1 aliphatic carbocycles. The van der Waals surface area contributed by atoms with Crippen LogP contribution in [0.3, 0.4) is 0 Å². The van der Waals surface area contributed by atoms with Crippen molar-refractivity contribution in [3.05, 3.63) is 205 Å². The fourth-order valence-electron chi connectivity index (χ4n) is 10.9. The van der Waals surface area contributed by atoms with Gasteiger partial charge in [-0.3, -0.25) is 0 Å². The van der Waals surface area contributed by atoms with Gasteiger partial charge in [0.2, 0.25) is 0 Å². The Morgan fingerprint density at radius 2 is 0.867 bits per heavy atom. The average molecular weight is 779 g/mol. The van der Waals surface area contributed by atoms with Gasteiger partial charge in [0.15, 0.2) is 0 Å². The van der Waals surface area contributed by atoms with Gasteiger partial charge in [-0.1, -0.05) is 190 Å². The Morgan fingerprint density at radius 3 is 1.60 bits per heavy atom. The normalized spacial score (nSPS) is 13.3. The fourth-order valence-corrected chi connectivity index (χ4v) is 12.3. The van der Waals surface area contributed by atoms with Crippen molar-refractivity contribution >= 4 is 85.4 Å². The van der Waals surface area contributed by atoms with E-state index in [4.69, 9.17) is 0 Å². The molecule has 0 nitrogen and oxygen atoms in total. The van der Waals surface area contributed by atoms with Gasteiger partial charge < -0.3 is 0 Å². The van der Waals surface area contributed by atoms with E-state index in [1.807, 2.05) is 11.3 Å². The molecular weight excluding hydrogens is 741 g/mol. The highest BCUT2D eigenvalue weighted by Gasteiger charge is 2.38. The van der Waals surface area contributed by atoms with Gasteiger partial charge >= 0.3 is 0 Å². The summed E-state index contributed by atoms with van der Waals surface area (Å²) in [7, 11) is 0. The molecule has 11 aromatic carbocycles. The van der Waals surface area contributed by atoms with Crippen LogP contribution in [0.2, 0.25) is 0 Å². The maximum atomic E-state index is 2.51. The van der Waals surface area contributed by atoms with Crippen LogP contribution in [0.25, 0.3) is 119 Å². The molecule has 0 N–H and O–H groups in total. The summed E-state index contributed by atoms with van der Waals surface area (Å²) in [5.41, 5.74) is 13.2. The van der Waals surface area contributed by atoms with E-state index < -0.39 is 0 Å². The van der Waals surface area contributed by atoms with Gasteiger partial charge in [-0.15, -0.1) is 11.3 Å². The second kappa shape index (κ2) is 12.5. The largest absolute Gasteiger partial charge is 0.134 e. The van der Waals surface area contributed by atoms with Crippen molar-refractivity contribution in [2.24, 2.45) is 0 Å². The molecule has 0 saturated heterocycles. The fraction of sp³-hybridized carbons (Fsp3) is 0.0508. The van der Waals surface area contributed by atoms with Crippen molar-refractivity contribution in [2.75, 3.05) is 0 Å². The molecule has 1 aromatic heterocycles. The predicted octanol–water partition coefficient (Wildman–Crippen LogP) is 17.1. The molecule has 0 saturated carbocycles. The number of fused-ring (bicyclic) bond motifs is 13. The number of hydrogen-bond acceptors (Lipinski definition) is 1. The van der Waals surface area contributed by atoms with Crippen molar-refractivity contribution < 1.29 is 0 Å². The molecule has 0 fully saturated rings. The first-order valence-corrected chi connectivity index (χ1v) is 21.8. The second-order valence-corrected chi connectivity index (χ2v) is 18.2. The molecule has 1 heteroatoms. The number of thiophene rings is 1. The minimum absolute atomic E-state index is 0.108. The minimum atomic E-state index is -0.108. The molecule has 0 unspecified atom stereocenters. The quantitative estimate of drug-likeness (QED) is 0.157. The summed E-state index contributed by atoms with van der Waals surface area (Å²) < 4.78 is 2.75. The van der Waals surface area contributed by atoms with Crippen molar-refractivity contribution in [3.8, 4) is 44.5 Å². The lowest BCUT2D eigenvalue weighted by atomic mass is 9.79. The first kappa shape index (κ1) is 33.9. The maximum Gasteiger partial charge on any atom is 0.0437 e. The minimum Gasteiger partial charge on any atom is -0.134 e. The summed E-state index contributed by atoms with van der Waals surface area (Å²) in [5, 5.41) is 15.5. The van der Waals surface area contributed by atoms with E-state index >= 15 is 0 Å². The third-order valence-corrected chi connectivity index (χ3v) is 14.9. The first-order valence-electron chi connectivity index (χ1n) is 21.0. The van der Waals surface area contributed by atoms with E-state index in [0.29, 0.717) is 0 Å². The SMILES string of the molecule is CC1(C)c2ccccc2-c2cc(-c3ccc4cc(-c5c6ccccc6c(-c6cccc7ccccc67)c6ccccc56)ccc4c3)c3sc4c5ccccc5ccc4c3c21. The molecular formula is C59H38S. The van der Waals surface area contributed by atoms with Gasteiger partial charge in [-0.25, -0.2) is 0 Å². The second-order valence-electron chi connectivity index (χ2n) is 17.1. The lowest BCUT2D eigenvalue weighted by molar-refractivity contribution is 0.667. The van der Waals surface area contributed by atoms with Gasteiger partial charge in [0.05, 0.1) is 0 Å². The van der Waals surface area contributed by atoms with Crippen LogP contribution in [-0.4, -0.2) is 0 Å². The molecule has 12 aromatic rings. The van der Waals surface area contributed by atoms with Gasteiger partial charge in [-0.05, 0) is 122 Å². The third-order valence-electron chi connectivity index (χ3n) is 13.6. The van der Waals surface area contributed by atoms with Crippen LogP contribution in [0.5, 0.6) is 0 Å². The van der Waals surface area contributed by atoms with Crippen LogP contribution in [0.15, 0.2) is 194 Å². The monoisotopic (exact) mass is 778 g/mol. The van der Waals surface area contributed by atoms with Crippen molar-refractivity contribution in [2.45, 2.75) is 19.3 Å². The zero-order valence-corrected chi connectivity index (χ0v) is 34.2. The van der Waals surface area contributed by atoms with Crippen molar-refractivity contribution in [1.82, 2.24) is 0 Å². The first-order chi connectivity index (χ1) is 29.5. The summed E-state index contributed by atoms with van der Waals surface area (Å²) in [6, 6.07) is 72.8. The van der Waals surface area contributed by atoms with Gasteiger partial charge in [-0.2, -0.15) is 0 Å². The predicted molar refractivity (Wildman–Crippen MR) is 261 cm³/mol. The summed E-state index contributed by atoms with van der Waals surface area (Å²) in [6.45, 7) is 4.83. The Labute approximate surface area is 352 Å². The van der Waals surface area contributed by atoms with Crippen LogP contribution in [0.1, 0.15) is 25.0 Å². The highest BCUT2D eigenvalue weighted by molar-refractivity contribution is 7.27. The van der Waals surface area contributed by atoms with Gasteiger partial charge in [0.1, 0.15) is 0 Å². The lowest BCUT2D eigenvalue weighted by Crippen LogP contribution is -2.15. The van der Waals surface area contributed by atoms with E-state index in [2.05, 4.69) is 208 Å². The Bertz CT molecular complexity index is 3740. The molecule has 1 heterocycles. The Kier molecular flexibility index (Phi) is 7.04. The van der Waals surface area contributed by atoms with Crippen molar-refractivity contribution in [3.63, 3.8) is 0 Å². The van der Waals surface area contributed by atoms with E-state index in [1.165, 1.54) is 130 Å². The van der Waals surface area contributed by atoms with Gasteiger partial charge in [0.25, 0.3) is 0 Å². The molecule has 60 heavy (non-hydrogen) atoms. The summed E-state index contributed by atoms with van der Waals surface area (Å²) >= 11 is 1.97. The van der Waals surface area contributed by atoms with Crippen LogP contribution < -0.4 is 0 Å². The van der Waals surface area contributed by atoms with Crippen LogP contribution in [0.4, 0.5) is 0 Å². The number of benzene rings is 11. The van der Waals surface area contributed by atoms with E-state index in [9.17, 15) is 0 Å². The van der Waals surface area contributed by atoms with E-state index in [0.717, 1.165) is 0 Å². The highest BCUT2D eigenvalue weighted by Crippen LogP contribution is 2.57. The Morgan fingerprint density at radius 1 is 0.333 bits per heavy atom. The van der Waals surface area contributed by atoms with Crippen LogP contribution in [0, 0.1) is 0 Å². The third kappa shape index (κ3) is 4.67. The van der Waals surface area contributed by atoms with E-state index in [1.54, 1.807) is 0 Å². The number of rotatable bonds is 3.